The number of methoxy groups -OCH3 is 1. The van der Waals surface area contributed by atoms with Crippen LogP contribution in [-0.2, 0) is 33.4 Å². The number of carbonyl (C=O) groups excluding carboxylic acids is 7. The third-order valence-corrected chi connectivity index (χ3v) is 18.1. The Hall–Kier alpha value is -11.0. The van der Waals surface area contributed by atoms with Crippen LogP contribution >= 0.6 is 15.9 Å². The number of esters is 1. The van der Waals surface area contributed by atoms with Crippen LogP contribution < -0.4 is 29.4 Å². The topological polar surface area (TPSA) is 281 Å². The van der Waals surface area contributed by atoms with E-state index in [1.807, 2.05) is 331 Å². The van der Waals surface area contributed by atoms with Crippen LogP contribution in [0.25, 0.3) is 0 Å². The minimum absolute atomic E-state index is 0. The first-order valence-electron chi connectivity index (χ1n) is 40.4. The number of carboxylic acid groups (broad SMARTS) is 1. The van der Waals surface area contributed by atoms with Crippen molar-refractivity contribution in [1.82, 2.24) is 0 Å². The Morgan fingerprint density at radius 3 is 0.960 bits per heavy atom. The third-order valence-electron chi connectivity index (χ3n) is 16.9. The number of benzene rings is 6. The van der Waals surface area contributed by atoms with Gasteiger partial charge in [-0.3, -0.25) is 33.0 Å². The van der Waals surface area contributed by atoms with Gasteiger partial charge in [-0.05, 0) is 226 Å². The van der Waals surface area contributed by atoms with Crippen LogP contribution in [0.3, 0.4) is 0 Å². The van der Waals surface area contributed by atoms with Gasteiger partial charge in [-0.2, -0.15) is 8.42 Å². The van der Waals surface area contributed by atoms with E-state index in [1.54, 1.807) is 59.8 Å². The molecule has 24 heteroatoms. The van der Waals surface area contributed by atoms with Crippen molar-refractivity contribution in [3.8, 4) is 35.5 Å². The maximum absolute atomic E-state index is 12.4. The first kappa shape index (κ1) is 121. The van der Waals surface area contributed by atoms with Gasteiger partial charge in [0.2, 0.25) is 0 Å². The Kier molecular flexibility index (Phi) is 64.9. The number of nitrogens with zero attached hydrogens (tertiary/aromatic N) is 6. The summed E-state index contributed by atoms with van der Waals surface area (Å²) < 4.78 is 29.9. The van der Waals surface area contributed by atoms with Crippen LogP contribution in [-0.4, -0.2) is 195 Å². The molecule has 0 aliphatic rings. The van der Waals surface area contributed by atoms with E-state index in [2.05, 4.69) is 75.2 Å². The number of rotatable bonds is 28. The first-order valence-corrected chi connectivity index (χ1v) is 51.7. The fourth-order valence-corrected chi connectivity index (χ4v) is 10.8. The van der Waals surface area contributed by atoms with Crippen LogP contribution in [0, 0.1) is 65.1 Å². The zero-order chi connectivity index (χ0) is 96.4. The predicted molar refractivity (Wildman–Crippen MR) is 534 cm³/mol. The van der Waals surface area contributed by atoms with Gasteiger partial charge in [0, 0.05) is 182 Å². The van der Waals surface area contributed by atoms with Gasteiger partial charge in [0.25, 0.3) is 10.1 Å². The van der Waals surface area contributed by atoms with Gasteiger partial charge in [-0.1, -0.05) is 126 Å². The molecule has 6 aromatic carbocycles. The molecule has 21 nitrogen and oxygen atoms in total. The molecule has 6 aromatic rings. The van der Waals surface area contributed by atoms with Crippen molar-refractivity contribution in [3.05, 3.63) is 261 Å². The van der Waals surface area contributed by atoms with E-state index >= 15 is 0 Å². The molecule has 7 atom stereocenters. The molecule has 1 radical (unpaired) electrons. The summed E-state index contributed by atoms with van der Waals surface area (Å²) in [6.07, 6.45) is 17.0. The van der Waals surface area contributed by atoms with Gasteiger partial charge in [0.05, 0.1) is 25.4 Å². The molecular weight excluding hydrogens is 1780 g/mol. The summed E-state index contributed by atoms with van der Waals surface area (Å²) in [6.45, 7) is 25.0. The second kappa shape index (κ2) is 67.4. The molecule has 0 aromatic heterocycles. The van der Waals surface area contributed by atoms with Crippen molar-refractivity contribution < 1.29 is 71.4 Å². The number of aldehydes is 1. The molecule has 0 amide bonds. The molecule has 0 unspecified atom stereocenters. The monoisotopic (exact) mass is 1920 g/mol. The number of hydrogen-bond donors (Lipinski definition) is 2. The molecular formula is C102H140BrN6O15SSn. The number of anilines is 6. The summed E-state index contributed by atoms with van der Waals surface area (Å²) in [7, 11) is 21.6. The van der Waals surface area contributed by atoms with E-state index in [0.717, 1.165) is 86.2 Å². The summed E-state index contributed by atoms with van der Waals surface area (Å²) in [5.41, 5.74) is 13.4. The molecule has 0 aliphatic heterocycles. The Morgan fingerprint density at radius 2 is 0.714 bits per heavy atom. The van der Waals surface area contributed by atoms with Gasteiger partial charge < -0.3 is 49.8 Å². The summed E-state index contributed by atoms with van der Waals surface area (Å²) >= 11 is 2.52. The molecule has 0 saturated carbocycles. The predicted octanol–water partition coefficient (Wildman–Crippen LogP) is 19.5. The number of allylic oxidation sites excluding steroid dienone is 11. The zero-order valence-electron chi connectivity index (χ0n) is 80.1. The molecule has 0 fully saturated rings. The van der Waals surface area contributed by atoms with Crippen molar-refractivity contribution in [3.63, 3.8) is 0 Å². The van der Waals surface area contributed by atoms with Gasteiger partial charge in [0.1, 0.15) is 12.4 Å². The van der Waals surface area contributed by atoms with Gasteiger partial charge in [-0.25, -0.2) is 9.59 Å². The fourth-order valence-electron chi connectivity index (χ4n) is 10.2. The van der Waals surface area contributed by atoms with E-state index < -0.39 is 54.0 Å². The van der Waals surface area contributed by atoms with Crippen molar-refractivity contribution >= 4 is 127 Å². The molecule has 0 spiro atoms. The van der Waals surface area contributed by atoms with E-state index in [4.69, 9.17) is 5.11 Å². The van der Waals surface area contributed by atoms with E-state index in [0.29, 0.717) is 16.7 Å². The number of carbonyl (C=O) groups is 8. The summed E-state index contributed by atoms with van der Waals surface area (Å²) in [5.74, 6) is 14.3. The molecule has 0 aliphatic carbocycles. The third kappa shape index (κ3) is 56.1. The van der Waals surface area contributed by atoms with E-state index in [9.17, 15) is 51.9 Å². The average molecular weight is 1920 g/mol. The molecule has 0 saturated heterocycles. The van der Waals surface area contributed by atoms with Gasteiger partial charge in [-0.15, -0.1) is 17.8 Å². The number of halogens is 1. The quantitative estimate of drug-likeness (QED) is 0.00674. The van der Waals surface area contributed by atoms with Crippen LogP contribution in [0.15, 0.2) is 228 Å². The van der Waals surface area contributed by atoms with E-state index in [-0.39, 0.29) is 64.0 Å². The Morgan fingerprint density at radius 1 is 0.444 bits per heavy atom. The Balaban J connectivity index is -0.000000686. The normalized spacial score (nSPS) is 12.3. The number of ether oxygens (including phenoxy) is 1. The standard InChI is InChI=1S/C18H23NO3.C18H23NO2.C17H21NO3.C14H19NO.C14H17NO.C9H11NO.C6H10O3S.C3H5Br.3CH3.H2O.Sn/c1-13(6-11-17(20)22-5)12-14(2)18(21)15-7-9-16(10-8-15)19(3)4;1-13(6-7-15(3)20)12-14(2)18(21)16-8-10-17(11-9-16)19(4)5;1-12(5-10-16(19)20)11-13(2)17(21)14-6-8-15(9-7-14)18(3)4;2*1-5-6-11(2)14(16)12-7-9-13(10-8-12)15(3)4;1-10(2)9-5-3-8(7-11)4-6-9;1-4-5-6(2)9-10(3,7)8;1-2-3-4;;;;;/h6-12,14H,1-5H3;6-12,14H,1-5H3;5-11,13H,1-4H3,(H,19,20);7-11,14,16H,1-4H3;7-11H,1-4H3;3-7H,1-2H3;6H,1-3H3;2-3H,1H3;3*1H3;1H2;/b11-6+,13-12+;7-6+,13-12+;10-5+,12-11+;;;;;3-2+;;;;;/t2*14-;13-;11-,14-;11-;;6-;;;;;;/m11111.0....../s1. The zero-order valence-corrected chi connectivity index (χ0v) is 85.3. The van der Waals surface area contributed by atoms with Crippen LogP contribution in [0.5, 0.6) is 0 Å². The molecule has 6 rings (SSSR count). The second-order valence-electron chi connectivity index (χ2n) is 30.4. The van der Waals surface area contributed by atoms with Crippen molar-refractivity contribution in [2.24, 2.45) is 29.6 Å². The number of Topliss-reactive ketones (excluding diaryl/α,β-unsaturated/α-hetero) is 4. The Bertz CT molecular complexity index is 4710. The van der Waals surface area contributed by atoms with Crippen LogP contribution in [0.2, 0.25) is 14.8 Å². The fraction of sp³-hybridized carbons (Fsp3) is 0.373. The summed E-state index contributed by atoms with van der Waals surface area (Å²) in [5, 5.41) is 18.6. The first-order chi connectivity index (χ1) is 58.4. The van der Waals surface area contributed by atoms with Crippen molar-refractivity contribution in [2.75, 3.05) is 127 Å². The molecule has 4 N–H and O–H groups in total. The average Bonchev–Trinajstić information content (AvgIpc) is 0.885. The maximum atomic E-state index is 12.4. The van der Waals surface area contributed by atoms with Crippen molar-refractivity contribution in [2.45, 2.75) is 124 Å². The number of hydrogen-bond acceptors (Lipinski definition) is 19. The number of ketones is 5. The number of aliphatic carboxylic acids is 1. The summed E-state index contributed by atoms with van der Waals surface area (Å²) in [4.78, 5) is 112. The van der Waals surface area contributed by atoms with E-state index in [1.165, 1.54) is 32.3 Å². The Labute approximate surface area is 770 Å². The van der Waals surface area contributed by atoms with Crippen LogP contribution in [0.4, 0.5) is 34.1 Å². The number of aliphatic hydroxyl groups is 1. The van der Waals surface area contributed by atoms with Gasteiger partial charge in [0.15, 0.2) is 28.9 Å². The van der Waals surface area contributed by atoms with Crippen molar-refractivity contribution in [1.29, 1.82) is 0 Å². The SMILES string of the molecule is C/C=C/Br.CC#C[C@@H](C)C(=O)c1ccc(N(C)C)cc1.CC#C[C@@H](C)[C@@H](O)c1ccc(N(C)C)cc1.CC#C[C@H](C)OS(C)(=O)=O.CC(/C=C/C(=O)O)=C\[C@@H](C)C(=O)c1ccc(N(C)C)cc1.CC(=O)/C=C/C(C)=C/[C@@H](C)C(=O)c1ccc(N(C)C)cc1.CN(C)c1ccc(C=O)cc1.COC(=O)/C=C/C(C)=C/[C@@H](C)C(=O)c1ccc(N(C)C)cc1.O.[CH3][Sn]([CH3])[CH3]. The minimum atomic E-state index is -3.35. The molecule has 0 bridgehead atoms. The molecule has 685 valence electrons. The molecule has 0 heterocycles. The second-order valence-corrected chi connectivity index (χ2v) is 41.1. The number of aliphatic hydroxyl groups excluding tert-OH is 1. The van der Waals surface area contributed by atoms with Crippen LogP contribution in [0.1, 0.15) is 160 Å². The molecule has 126 heavy (non-hydrogen) atoms. The number of carboxylic acids is 1. The van der Waals surface area contributed by atoms with Gasteiger partial charge >= 0.3 is 46.5 Å². The summed E-state index contributed by atoms with van der Waals surface area (Å²) in [6, 6.07) is 45.5.